The largest absolute Gasteiger partial charge is 0.426 e. The van der Waals surface area contributed by atoms with Gasteiger partial charge in [-0.3, -0.25) is 9.59 Å². The number of ether oxygens (including phenoxy) is 1. The van der Waals surface area contributed by atoms with Crippen molar-refractivity contribution in [3.63, 3.8) is 0 Å². The summed E-state index contributed by atoms with van der Waals surface area (Å²) in [5.41, 5.74) is 2.89. The van der Waals surface area contributed by atoms with E-state index in [0.717, 1.165) is 11.3 Å². The lowest BCUT2D eigenvalue weighted by atomic mass is 10.2. The van der Waals surface area contributed by atoms with Crippen LogP contribution in [0.5, 0.6) is 5.75 Å². The molecule has 0 fully saturated rings. The summed E-state index contributed by atoms with van der Waals surface area (Å²) in [6.45, 7) is 3.30. The van der Waals surface area contributed by atoms with Gasteiger partial charge in [0.1, 0.15) is 11.6 Å². The van der Waals surface area contributed by atoms with E-state index in [-0.39, 0.29) is 17.2 Å². The molecule has 0 spiro atoms. The molecule has 0 saturated carbocycles. The van der Waals surface area contributed by atoms with Crippen molar-refractivity contribution in [1.29, 1.82) is 0 Å². The Balaban J connectivity index is 1.71. The van der Waals surface area contributed by atoms with E-state index in [1.54, 1.807) is 42.6 Å². The molecule has 1 aromatic heterocycles. The number of esters is 1. The van der Waals surface area contributed by atoms with Crippen LogP contribution in [0.25, 0.3) is 0 Å². The predicted molar refractivity (Wildman–Crippen MR) is 104 cm³/mol. The third-order valence-corrected chi connectivity index (χ3v) is 3.81. The number of hydrogen-bond donors (Lipinski definition) is 2. The van der Waals surface area contributed by atoms with Crippen LogP contribution in [0.2, 0.25) is 0 Å². The van der Waals surface area contributed by atoms with E-state index < -0.39 is 5.97 Å². The van der Waals surface area contributed by atoms with Gasteiger partial charge in [-0.2, -0.15) is 0 Å². The number of nitrogens with zero attached hydrogens (tertiary/aromatic N) is 1. The highest BCUT2D eigenvalue weighted by Gasteiger charge is 2.14. The lowest BCUT2D eigenvalue weighted by Crippen LogP contribution is -2.15. The Hall–Kier alpha value is -3.67. The number of carbonyl (C=O) groups is 2. The van der Waals surface area contributed by atoms with Crippen LogP contribution in [0.15, 0.2) is 66.9 Å². The second-order valence-electron chi connectivity index (χ2n) is 5.92. The first-order chi connectivity index (χ1) is 13.0. The van der Waals surface area contributed by atoms with Crippen LogP contribution >= 0.6 is 0 Å². The van der Waals surface area contributed by atoms with Crippen molar-refractivity contribution in [3.8, 4) is 5.75 Å². The molecule has 0 aliphatic rings. The Morgan fingerprint density at radius 2 is 1.70 bits per heavy atom. The van der Waals surface area contributed by atoms with Crippen molar-refractivity contribution in [1.82, 2.24) is 4.98 Å². The number of para-hydroxylation sites is 2. The summed E-state index contributed by atoms with van der Waals surface area (Å²) in [4.78, 5) is 28.0. The van der Waals surface area contributed by atoms with Crippen LogP contribution < -0.4 is 15.4 Å². The summed E-state index contributed by atoms with van der Waals surface area (Å²) in [5.74, 6) is 0.0210. The van der Waals surface area contributed by atoms with Crippen molar-refractivity contribution in [2.75, 3.05) is 10.6 Å². The van der Waals surface area contributed by atoms with Gasteiger partial charge < -0.3 is 15.4 Å². The number of benzene rings is 2. The van der Waals surface area contributed by atoms with Crippen molar-refractivity contribution >= 4 is 29.1 Å². The van der Waals surface area contributed by atoms with Gasteiger partial charge in [0.25, 0.3) is 5.91 Å². The van der Waals surface area contributed by atoms with E-state index in [1.165, 1.54) is 6.92 Å². The lowest BCUT2D eigenvalue weighted by molar-refractivity contribution is -0.131. The van der Waals surface area contributed by atoms with Gasteiger partial charge in [0.2, 0.25) is 0 Å². The number of aryl methyl sites for hydroxylation is 1. The lowest BCUT2D eigenvalue weighted by Gasteiger charge is -2.11. The molecule has 0 radical (unpaired) electrons. The minimum atomic E-state index is -0.483. The van der Waals surface area contributed by atoms with Crippen LogP contribution in [0.1, 0.15) is 22.8 Å². The second-order valence-corrected chi connectivity index (χ2v) is 5.92. The first-order valence-corrected chi connectivity index (χ1v) is 8.40. The Morgan fingerprint density at radius 3 is 2.41 bits per heavy atom. The van der Waals surface area contributed by atoms with Crippen LogP contribution in [0.3, 0.4) is 0 Å². The molecule has 3 rings (SSSR count). The topological polar surface area (TPSA) is 80.3 Å². The monoisotopic (exact) mass is 361 g/mol. The molecule has 1 amide bonds. The minimum absolute atomic E-state index is 0.216. The van der Waals surface area contributed by atoms with Crippen molar-refractivity contribution < 1.29 is 14.3 Å². The SMILES string of the molecule is CC(=O)Oc1ccccc1C(=O)Nc1ccc(Nc2ccccc2C)nc1. The zero-order valence-electron chi connectivity index (χ0n) is 15.0. The Morgan fingerprint density at radius 1 is 0.963 bits per heavy atom. The fraction of sp³-hybridized carbons (Fsp3) is 0.0952. The van der Waals surface area contributed by atoms with Gasteiger partial charge in [-0.1, -0.05) is 30.3 Å². The summed E-state index contributed by atoms with van der Waals surface area (Å²) in [6, 6.07) is 18.0. The summed E-state index contributed by atoms with van der Waals surface area (Å²) in [6.07, 6.45) is 1.56. The third kappa shape index (κ3) is 4.70. The minimum Gasteiger partial charge on any atom is -0.426 e. The molecule has 0 unspecified atom stereocenters. The zero-order valence-corrected chi connectivity index (χ0v) is 15.0. The normalized spacial score (nSPS) is 10.1. The molecule has 0 bridgehead atoms. The first kappa shape index (κ1) is 18.1. The molecule has 1 heterocycles. The highest BCUT2D eigenvalue weighted by molar-refractivity contribution is 6.06. The zero-order chi connectivity index (χ0) is 19.2. The summed E-state index contributed by atoms with van der Waals surface area (Å²) < 4.78 is 5.08. The Bertz CT molecular complexity index is 968. The molecule has 2 N–H and O–H groups in total. The van der Waals surface area contributed by atoms with Gasteiger partial charge in [-0.05, 0) is 42.8 Å². The van der Waals surface area contributed by atoms with E-state index in [4.69, 9.17) is 4.74 Å². The number of carbonyl (C=O) groups excluding carboxylic acids is 2. The standard InChI is InChI=1S/C21H19N3O3/c1-14-7-3-5-9-18(14)24-20-12-11-16(13-22-20)23-21(26)17-8-4-6-10-19(17)27-15(2)25/h3-13H,1-2H3,(H,22,24)(H,23,26). The van der Waals surface area contributed by atoms with E-state index in [9.17, 15) is 9.59 Å². The summed E-state index contributed by atoms with van der Waals surface area (Å²) in [5, 5.41) is 5.99. The van der Waals surface area contributed by atoms with Crippen molar-refractivity contribution in [2.45, 2.75) is 13.8 Å². The van der Waals surface area contributed by atoms with Gasteiger partial charge in [0.15, 0.2) is 0 Å². The van der Waals surface area contributed by atoms with Gasteiger partial charge >= 0.3 is 5.97 Å². The predicted octanol–water partition coefficient (Wildman–Crippen LogP) is 4.31. The smallest absolute Gasteiger partial charge is 0.308 e. The number of rotatable bonds is 5. The van der Waals surface area contributed by atoms with Crippen LogP contribution in [-0.4, -0.2) is 16.9 Å². The van der Waals surface area contributed by atoms with Gasteiger partial charge in [0, 0.05) is 12.6 Å². The van der Waals surface area contributed by atoms with E-state index in [1.807, 2.05) is 31.2 Å². The van der Waals surface area contributed by atoms with Crippen molar-refractivity contribution in [3.05, 3.63) is 78.0 Å². The van der Waals surface area contributed by atoms with E-state index in [0.29, 0.717) is 11.5 Å². The van der Waals surface area contributed by atoms with Crippen LogP contribution in [-0.2, 0) is 4.79 Å². The molecule has 0 aliphatic heterocycles. The summed E-state index contributed by atoms with van der Waals surface area (Å²) >= 11 is 0. The number of anilines is 3. The average molecular weight is 361 g/mol. The fourth-order valence-electron chi connectivity index (χ4n) is 2.49. The molecule has 0 atom stereocenters. The molecule has 3 aromatic rings. The molecule has 6 nitrogen and oxygen atoms in total. The molecule has 6 heteroatoms. The Kier molecular flexibility index (Phi) is 5.47. The maximum atomic E-state index is 12.5. The third-order valence-electron chi connectivity index (χ3n) is 3.81. The first-order valence-electron chi connectivity index (χ1n) is 8.40. The van der Waals surface area contributed by atoms with E-state index in [2.05, 4.69) is 15.6 Å². The van der Waals surface area contributed by atoms with Gasteiger partial charge in [-0.15, -0.1) is 0 Å². The molecule has 0 aliphatic carbocycles. The number of pyridine rings is 1. The average Bonchev–Trinajstić information content (AvgIpc) is 2.65. The number of amides is 1. The van der Waals surface area contributed by atoms with Crippen LogP contribution in [0, 0.1) is 6.92 Å². The number of hydrogen-bond acceptors (Lipinski definition) is 5. The fourth-order valence-corrected chi connectivity index (χ4v) is 2.49. The molecule has 27 heavy (non-hydrogen) atoms. The second kappa shape index (κ2) is 8.14. The Labute approximate surface area is 157 Å². The maximum absolute atomic E-state index is 12.5. The molecule has 2 aromatic carbocycles. The van der Waals surface area contributed by atoms with Crippen molar-refractivity contribution in [2.24, 2.45) is 0 Å². The molecular weight excluding hydrogens is 342 g/mol. The highest BCUT2D eigenvalue weighted by atomic mass is 16.5. The quantitative estimate of drug-likeness (QED) is 0.523. The molecule has 0 saturated heterocycles. The highest BCUT2D eigenvalue weighted by Crippen LogP contribution is 2.22. The molecule has 136 valence electrons. The molecular formula is C21H19N3O3. The van der Waals surface area contributed by atoms with Crippen LogP contribution in [0.4, 0.5) is 17.2 Å². The van der Waals surface area contributed by atoms with E-state index >= 15 is 0 Å². The maximum Gasteiger partial charge on any atom is 0.308 e. The number of aromatic nitrogens is 1. The number of nitrogens with one attached hydrogen (secondary N) is 2. The summed E-state index contributed by atoms with van der Waals surface area (Å²) in [7, 11) is 0. The van der Waals surface area contributed by atoms with Gasteiger partial charge in [-0.25, -0.2) is 4.98 Å². The van der Waals surface area contributed by atoms with Gasteiger partial charge in [0.05, 0.1) is 17.4 Å².